The summed E-state index contributed by atoms with van der Waals surface area (Å²) < 4.78 is 5.78. The summed E-state index contributed by atoms with van der Waals surface area (Å²) in [5.74, 6) is 2.37. The zero-order valence-electron chi connectivity index (χ0n) is 15.3. The Bertz CT molecular complexity index is 1140. The van der Waals surface area contributed by atoms with Crippen LogP contribution in [0.1, 0.15) is 5.56 Å². The molecule has 2 N–H and O–H groups in total. The lowest BCUT2D eigenvalue weighted by Crippen LogP contribution is -2.02. The Hall–Kier alpha value is -4.44. The molecular weight excluding hydrogens is 364 g/mol. The lowest BCUT2D eigenvalue weighted by atomic mass is 10.2. The normalized spacial score (nSPS) is 10.0. The van der Waals surface area contributed by atoms with Crippen LogP contribution in [0.25, 0.3) is 0 Å². The van der Waals surface area contributed by atoms with E-state index < -0.39 is 0 Å². The third-order valence-electron chi connectivity index (χ3n) is 3.91. The predicted molar refractivity (Wildman–Crippen MR) is 111 cm³/mol. The number of ether oxygens (including phenoxy) is 1. The summed E-state index contributed by atoms with van der Waals surface area (Å²) >= 11 is 0. The van der Waals surface area contributed by atoms with Gasteiger partial charge in [0.05, 0.1) is 17.8 Å². The molecule has 0 unspecified atom stereocenters. The van der Waals surface area contributed by atoms with Gasteiger partial charge in [0.25, 0.3) is 0 Å². The highest BCUT2D eigenvalue weighted by molar-refractivity contribution is 5.60. The number of anilines is 4. The van der Waals surface area contributed by atoms with Crippen LogP contribution in [-0.2, 0) is 0 Å². The second-order valence-electron chi connectivity index (χ2n) is 6.05. The molecule has 140 valence electrons. The Kier molecular flexibility index (Phi) is 5.26. The Balaban J connectivity index is 1.43. The van der Waals surface area contributed by atoms with Crippen LogP contribution in [-0.4, -0.2) is 15.2 Å². The molecule has 0 atom stereocenters. The molecule has 1 aromatic heterocycles. The van der Waals surface area contributed by atoms with E-state index in [1.165, 1.54) is 6.20 Å². The minimum atomic E-state index is 0.350. The number of nitriles is 1. The van der Waals surface area contributed by atoms with Crippen molar-refractivity contribution in [1.82, 2.24) is 15.2 Å². The van der Waals surface area contributed by atoms with E-state index in [-0.39, 0.29) is 0 Å². The van der Waals surface area contributed by atoms with E-state index in [1.54, 1.807) is 18.2 Å². The summed E-state index contributed by atoms with van der Waals surface area (Å²) in [6.07, 6.45) is 1.51. The molecule has 7 heteroatoms. The number of para-hydroxylation sites is 1. The van der Waals surface area contributed by atoms with E-state index in [4.69, 9.17) is 10.00 Å². The Morgan fingerprint density at radius 2 is 1.59 bits per heavy atom. The van der Waals surface area contributed by atoms with Crippen LogP contribution >= 0.6 is 0 Å². The van der Waals surface area contributed by atoms with E-state index in [2.05, 4.69) is 31.9 Å². The van der Waals surface area contributed by atoms with Crippen LogP contribution in [0.15, 0.2) is 85.1 Å². The first-order valence-electron chi connectivity index (χ1n) is 8.85. The van der Waals surface area contributed by atoms with E-state index in [0.29, 0.717) is 17.3 Å². The highest BCUT2D eigenvalue weighted by atomic mass is 16.5. The molecule has 4 rings (SSSR count). The number of rotatable bonds is 6. The van der Waals surface area contributed by atoms with Crippen molar-refractivity contribution in [3.63, 3.8) is 0 Å². The number of hydrogen-bond donors (Lipinski definition) is 2. The van der Waals surface area contributed by atoms with Crippen LogP contribution in [0.2, 0.25) is 0 Å². The van der Waals surface area contributed by atoms with Gasteiger partial charge in [-0.05, 0) is 54.6 Å². The van der Waals surface area contributed by atoms with Crippen molar-refractivity contribution >= 4 is 23.1 Å². The molecule has 29 heavy (non-hydrogen) atoms. The molecule has 3 aromatic carbocycles. The van der Waals surface area contributed by atoms with E-state index in [9.17, 15) is 0 Å². The molecule has 0 spiro atoms. The van der Waals surface area contributed by atoms with Crippen molar-refractivity contribution in [2.24, 2.45) is 0 Å². The van der Waals surface area contributed by atoms with Crippen molar-refractivity contribution in [1.29, 1.82) is 5.26 Å². The molecule has 4 aromatic rings. The van der Waals surface area contributed by atoms with Gasteiger partial charge in [-0.25, -0.2) is 0 Å². The Morgan fingerprint density at radius 3 is 2.38 bits per heavy atom. The summed E-state index contributed by atoms with van der Waals surface area (Å²) in [7, 11) is 0. The maximum absolute atomic E-state index is 9.00. The lowest BCUT2D eigenvalue weighted by molar-refractivity contribution is 0.483. The average molecular weight is 380 g/mol. The van der Waals surface area contributed by atoms with Gasteiger partial charge in [0, 0.05) is 11.4 Å². The summed E-state index contributed by atoms with van der Waals surface area (Å²) in [6.45, 7) is 0. The molecule has 1 heterocycles. The van der Waals surface area contributed by atoms with Gasteiger partial charge in [-0.1, -0.05) is 24.3 Å². The zero-order valence-corrected chi connectivity index (χ0v) is 15.3. The SMILES string of the molecule is N#Cc1cccc(Nc2cnnc(Nc3ccc(Oc4ccccc4)cc3)n2)c1. The molecule has 0 aliphatic carbocycles. The van der Waals surface area contributed by atoms with Crippen LogP contribution in [0.4, 0.5) is 23.1 Å². The molecular formula is C22H16N6O. The van der Waals surface area contributed by atoms with Crippen molar-refractivity contribution in [2.75, 3.05) is 10.6 Å². The van der Waals surface area contributed by atoms with Crippen molar-refractivity contribution in [2.45, 2.75) is 0 Å². The van der Waals surface area contributed by atoms with Gasteiger partial charge in [-0.3, -0.25) is 0 Å². The molecule has 0 saturated heterocycles. The topological polar surface area (TPSA) is 95.8 Å². The molecule has 0 bridgehead atoms. The molecule has 0 amide bonds. The summed E-state index contributed by atoms with van der Waals surface area (Å²) in [5.41, 5.74) is 2.11. The third kappa shape index (κ3) is 4.84. The Morgan fingerprint density at radius 1 is 0.793 bits per heavy atom. The van der Waals surface area contributed by atoms with Crippen LogP contribution in [0.3, 0.4) is 0 Å². The first kappa shape index (κ1) is 17.9. The number of hydrogen-bond acceptors (Lipinski definition) is 7. The quantitative estimate of drug-likeness (QED) is 0.485. The van der Waals surface area contributed by atoms with Gasteiger partial charge in [-0.2, -0.15) is 15.3 Å². The average Bonchev–Trinajstić information content (AvgIpc) is 2.76. The largest absolute Gasteiger partial charge is 0.457 e. The minimum Gasteiger partial charge on any atom is -0.457 e. The number of nitrogens with one attached hydrogen (secondary N) is 2. The summed E-state index contributed by atoms with van der Waals surface area (Å²) in [5, 5.41) is 23.2. The van der Waals surface area contributed by atoms with Crippen molar-refractivity contribution < 1.29 is 4.74 Å². The fraction of sp³-hybridized carbons (Fsp3) is 0. The van der Waals surface area contributed by atoms with Crippen molar-refractivity contribution in [3.8, 4) is 17.6 Å². The van der Waals surface area contributed by atoms with Gasteiger partial charge in [-0.15, -0.1) is 5.10 Å². The highest BCUT2D eigenvalue weighted by Crippen LogP contribution is 2.24. The number of nitrogens with zero attached hydrogens (tertiary/aromatic N) is 4. The van der Waals surface area contributed by atoms with E-state index >= 15 is 0 Å². The van der Waals surface area contributed by atoms with Crippen LogP contribution in [0.5, 0.6) is 11.5 Å². The van der Waals surface area contributed by atoms with E-state index in [0.717, 1.165) is 22.9 Å². The van der Waals surface area contributed by atoms with Gasteiger partial charge in [0.15, 0.2) is 5.82 Å². The molecule has 0 fully saturated rings. The van der Waals surface area contributed by atoms with Gasteiger partial charge >= 0.3 is 0 Å². The zero-order chi connectivity index (χ0) is 19.9. The fourth-order valence-corrected chi connectivity index (χ4v) is 2.59. The van der Waals surface area contributed by atoms with Crippen LogP contribution in [0, 0.1) is 11.3 Å². The maximum atomic E-state index is 9.00. The van der Waals surface area contributed by atoms with Gasteiger partial charge in [0.2, 0.25) is 5.95 Å². The third-order valence-corrected chi connectivity index (χ3v) is 3.91. The fourth-order valence-electron chi connectivity index (χ4n) is 2.59. The highest BCUT2D eigenvalue weighted by Gasteiger charge is 2.04. The Labute approximate surface area is 167 Å². The van der Waals surface area contributed by atoms with Crippen LogP contribution < -0.4 is 15.4 Å². The predicted octanol–water partition coefficient (Wildman–Crippen LogP) is 5.02. The standard InChI is InChI=1S/C22H16N6O/c23-14-16-5-4-6-18(13-16)25-21-15-24-28-22(27-21)26-17-9-11-20(12-10-17)29-19-7-2-1-3-8-19/h1-13,15H,(H2,25,26,27,28). The monoisotopic (exact) mass is 380 g/mol. The summed E-state index contributed by atoms with van der Waals surface area (Å²) in [6, 6.07) is 26.3. The second-order valence-corrected chi connectivity index (χ2v) is 6.05. The maximum Gasteiger partial charge on any atom is 0.249 e. The molecule has 0 radical (unpaired) electrons. The van der Waals surface area contributed by atoms with Gasteiger partial charge in [0.1, 0.15) is 11.5 Å². The van der Waals surface area contributed by atoms with E-state index in [1.807, 2.05) is 60.7 Å². The number of benzene rings is 3. The molecule has 7 nitrogen and oxygen atoms in total. The summed E-state index contributed by atoms with van der Waals surface area (Å²) in [4.78, 5) is 4.40. The van der Waals surface area contributed by atoms with Crippen molar-refractivity contribution in [3.05, 3.63) is 90.6 Å². The second kappa shape index (κ2) is 8.50. The first-order valence-corrected chi connectivity index (χ1v) is 8.85. The molecule has 0 aliphatic rings. The first-order chi connectivity index (χ1) is 14.3. The number of aromatic nitrogens is 3. The smallest absolute Gasteiger partial charge is 0.249 e. The molecule has 0 saturated carbocycles. The molecule has 0 aliphatic heterocycles. The lowest BCUT2D eigenvalue weighted by Gasteiger charge is -2.09. The minimum absolute atomic E-state index is 0.350. The van der Waals surface area contributed by atoms with Gasteiger partial charge < -0.3 is 15.4 Å².